The molecule has 0 unspecified atom stereocenters. The summed E-state index contributed by atoms with van der Waals surface area (Å²) in [6, 6.07) is 10.2. The summed E-state index contributed by atoms with van der Waals surface area (Å²) in [6.07, 6.45) is -4.53. The number of carbonyl (C=O) groups excluding carboxylic acids is 1. The van der Waals surface area contributed by atoms with E-state index < -0.39 is 17.6 Å². The second-order valence-corrected chi connectivity index (χ2v) is 7.55. The van der Waals surface area contributed by atoms with Crippen LogP contribution in [0.4, 0.5) is 18.9 Å². The molecule has 0 spiro atoms. The number of aryl methyl sites for hydroxylation is 1. The third-order valence-corrected chi connectivity index (χ3v) is 4.98. The lowest BCUT2D eigenvalue weighted by Gasteiger charge is -2.11. The maximum absolute atomic E-state index is 12.8. The average molecular weight is 457 g/mol. The molecule has 3 aromatic rings. The third-order valence-electron chi connectivity index (χ3n) is 3.81. The van der Waals surface area contributed by atoms with Crippen LogP contribution in [0.3, 0.4) is 0 Å². The number of hydrogen-bond donors (Lipinski definition) is 2. The Balaban J connectivity index is 1.51. The minimum atomic E-state index is -4.53. The molecule has 3 rings (SSSR count). The normalized spacial score (nSPS) is 11.4. The third kappa shape index (κ3) is 6.14. The van der Waals surface area contributed by atoms with Crippen LogP contribution in [-0.2, 0) is 17.6 Å². The van der Waals surface area contributed by atoms with E-state index in [1.54, 1.807) is 0 Å². The minimum Gasteiger partial charge on any atom is -0.486 e. The number of rotatable bonds is 7. The van der Waals surface area contributed by atoms with E-state index in [1.165, 1.54) is 0 Å². The number of amides is 1. The van der Waals surface area contributed by atoms with Gasteiger partial charge in [-0.1, -0.05) is 41.1 Å². The van der Waals surface area contributed by atoms with Gasteiger partial charge in [-0.3, -0.25) is 9.89 Å². The highest BCUT2D eigenvalue weighted by molar-refractivity contribution is 7.99. The first-order valence-electron chi connectivity index (χ1n) is 8.61. The van der Waals surface area contributed by atoms with E-state index in [2.05, 4.69) is 20.5 Å². The number of aromatic nitrogens is 3. The zero-order valence-electron chi connectivity index (χ0n) is 15.6. The molecule has 0 bridgehead atoms. The second-order valence-electron chi connectivity index (χ2n) is 6.20. The number of H-pyrrole nitrogens is 1. The van der Waals surface area contributed by atoms with Gasteiger partial charge >= 0.3 is 6.18 Å². The van der Waals surface area contributed by atoms with Crippen molar-refractivity contribution < 1.29 is 22.7 Å². The van der Waals surface area contributed by atoms with Crippen LogP contribution in [0.2, 0.25) is 5.02 Å². The van der Waals surface area contributed by atoms with Gasteiger partial charge in [0.05, 0.1) is 22.0 Å². The maximum Gasteiger partial charge on any atom is 0.416 e. The van der Waals surface area contributed by atoms with Crippen LogP contribution in [-0.4, -0.2) is 26.8 Å². The van der Waals surface area contributed by atoms with Crippen molar-refractivity contribution in [2.75, 3.05) is 11.1 Å². The Morgan fingerprint density at radius 1 is 1.23 bits per heavy atom. The Kier molecular flexibility index (Phi) is 6.88. The molecule has 2 aromatic carbocycles. The van der Waals surface area contributed by atoms with Crippen molar-refractivity contribution in [1.82, 2.24) is 15.2 Å². The molecule has 158 valence electrons. The summed E-state index contributed by atoms with van der Waals surface area (Å²) in [5.41, 5.74) is 0.103. The van der Waals surface area contributed by atoms with Crippen molar-refractivity contribution in [1.29, 1.82) is 0 Å². The molecule has 6 nitrogen and oxygen atoms in total. The number of halogens is 4. The molecule has 1 heterocycles. The number of ether oxygens (including phenoxy) is 1. The fourth-order valence-corrected chi connectivity index (χ4v) is 3.09. The number of benzene rings is 2. The monoisotopic (exact) mass is 456 g/mol. The fraction of sp³-hybridized carbons (Fsp3) is 0.211. The predicted molar refractivity (Wildman–Crippen MR) is 108 cm³/mol. The molecular formula is C19H16ClF3N4O2S. The lowest BCUT2D eigenvalue weighted by molar-refractivity contribution is -0.137. The molecule has 0 radical (unpaired) electrons. The van der Waals surface area contributed by atoms with E-state index in [0.29, 0.717) is 16.7 Å². The topological polar surface area (TPSA) is 79.9 Å². The van der Waals surface area contributed by atoms with Crippen LogP contribution in [0.5, 0.6) is 5.75 Å². The van der Waals surface area contributed by atoms with E-state index in [9.17, 15) is 18.0 Å². The van der Waals surface area contributed by atoms with E-state index in [4.69, 9.17) is 16.3 Å². The van der Waals surface area contributed by atoms with Crippen molar-refractivity contribution in [3.05, 3.63) is 64.4 Å². The van der Waals surface area contributed by atoms with Crippen LogP contribution in [0.15, 0.2) is 47.6 Å². The van der Waals surface area contributed by atoms with Gasteiger partial charge in [-0.05, 0) is 37.3 Å². The van der Waals surface area contributed by atoms with Crippen molar-refractivity contribution in [2.24, 2.45) is 0 Å². The summed E-state index contributed by atoms with van der Waals surface area (Å²) in [5, 5.41) is 9.37. The Labute approximate surface area is 179 Å². The standard InChI is InChI=1S/C19H16ClF3N4O2S/c1-11-2-5-13(6-3-11)29-9-16-25-18(27-26-16)30-10-17(28)24-15-8-12(19(21,22)23)4-7-14(15)20/h2-8H,9-10H2,1H3,(H,24,28)(H,25,26,27). The molecule has 0 aliphatic heterocycles. The molecule has 30 heavy (non-hydrogen) atoms. The fourth-order valence-electron chi connectivity index (χ4n) is 2.31. The molecule has 0 saturated carbocycles. The van der Waals surface area contributed by atoms with E-state index in [-0.39, 0.29) is 23.1 Å². The van der Waals surface area contributed by atoms with Crippen molar-refractivity contribution in [3.8, 4) is 5.75 Å². The van der Waals surface area contributed by atoms with Gasteiger partial charge in [0.2, 0.25) is 11.1 Å². The lowest BCUT2D eigenvalue weighted by atomic mass is 10.2. The van der Waals surface area contributed by atoms with Gasteiger partial charge in [0, 0.05) is 0 Å². The summed E-state index contributed by atoms with van der Waals surface area (Å²) < 4.78 is 44.0. The lowest BCUT2D eigenvalue weighted by Crippen LogP contribution is -2.15. The summed E-state index contributed by atoms with van der Waals surface area (Å²) in [6.45, 7) is 2.14. The Bertz CT molecular complexity index is 1030. The van der Waals surface area contributed by atoms with Crippen molar-refractivity contribution in [2.45, 2.75) is 24.9 Å². The van der Waals surface area contributed by atoms with Gasteiger partial charge in [-0.15, -0.1) is 5.10 Å². The number of carbonyl (C=O) groups is 1. The number of hydrogen-bond acceptors (Lipinski definition) is 5. The Hall–Kier alpha value is -2.72. The predicted octanol–water partition coefficient (Wildman–Crippen LogP) is 5.10. The van der Waals surface area contributed by atoms with Crippen LogP contribution in [0.1, 0.15) is 17.0 Å². The van der Waals surface area contributed by atoms with Gasteiger partial charge in [0.25, 0.3) is 0 Å². The van der Waals surface area contributed by atoms with Gasteiger partial charge < -0.3 is 10.1 Å². The van der Waals surface area contributed by atoms with Crippen LogP contribution < -0.4 is 10.1 Å². The molecule has 11 heteroatoms. The minimum absolute atomic E-state index is 0.00906. The van der Waals surface area contributed by atoms with E-state index in [0.717, 1.165) is 35.5 Å². The molecule has 1 amide bonds. The maximum atomic E-state index is 12.8. The van der Waals surface area contributed by atoms with Crippen LogP contribution in [0, 0.1) is 6.92 Å². The first kappa shape index (κ1) is 22.0. The summed E-state index contributed by atoms with van der Waals surface area (Å²) in [7, 11) is 0. The van der Waals surface area contributed by atoms with E-state index >= 15 is 0 Å². The summed E-state index contributed by atoms with van der Waals surface area (Å²) in [5.74, 6) is 0.509. The van der Waals surface area contributed by atoms with Crippen molar-refractivity contribution >= 4 is 35.0 Å². The SMILES string of the molecule is Cc1ccc(OCc2nc(SCC(=O)Nc3cc(C(F)(F)F)ccc3Cl)n[nH]2)cc1. The first-order chi connectivity index (χ1) is 14.2. The highest BCUT2D eigenvalue weighted by Gasteiger charge is 2.31. The first-order valence-corrected chi connectivity index (χ1v) is 9.97. The van der Waals surface area contributed by atoms with Crippen LogP contribution in [0.25, 0.3) is 0 Å². The van der Waals surface area contributed by atoms with Gasteiger partial charge in [0.1, 0.15) is 12.4 Å². The summed E-state index contributed by atoms with van der Waals surface area (Å²) >= 11 is 6.89. The van der Waals surface area contributed by atoms with Gasteiger partial charge in [0.15, 0.2) is 5.82 Å². The van der Waals surface area contributed by atoms with E-state index in [1.807, 2.05) is 31.2 Å². The molecule has 1 aromatic heterocycles. The molecule has 2 N–H and O–H groups in total. The highest BCUT2D eigenvalue weighted by Crippen LogP contribution is 2.33. The zero-order valence-corrected chi connectivity index (χ0v) is 17.2. The molecule has 0 aliphatic rings. The molecular weight excluding hydrogens is 441 g/mol. The number of aromatic amines is 1. The second kappa shape index (κ2) is 9.40. The highest BCUT2D eigenvalue weighted by atomic mass is 35.5. The molecule has 0 saturated heterocycles. The molecule has 0 aliphatic carbocycles. The van der Waals surface area contributed by atoms with Gasteiger partial charge in [-0.25, -0.2) is 4.98 Å². The average Bonchev–Trinajstić information content (AvgIpc) is 3.15. The van der Waals surface area contributed by atoms with Gasteiger partial charge in [-0.2, -0.15) is 13.2 Å². The van der Waals surface area contributed by atoms with Crippen LogP contribution >= 0.6 is 23.4 Å². The largest absolute Gasteiger partial charge is 0.486 e. The molecule has 0 atom stereocenters. The zero-order chi connectivity index (χ0) is 21.7. The number of nitrogens with one attached hydrogen (secondary N) is 2. The number of alkyl halides is 3. The summed E-state index contributed by atoms with van der Waals surface area (Å²) in [4.78, 5) is 16.3. The number of nitrogens with zero attached hydrogens (tertiary/aromatic N) is 2. The Morgan fingerprint density at radius 3 is 2.67 bits per heavy atom. The van der Waals surface area contributed by atoms with Crippen molar-refractivity contribution in [3.63, 3.8) is 0 Å². The smallest absolute Gasteiger partial charge is 0.416 e. The quantitative estimate of drug-likeness (QED) is 0.484. The number of anilines is 1. The Morgan fingerprint density at radius 2 is 1.97 bits per heavy atom. The number of thioether (sulfide) groups is 1. The molecule has 0 fully saturated rings.